The first-order chi connectivity index (χ1) is 13.4. The summed E-state index contributed by atoms with van der Waals surface area (Å²) in [5.41, 5.74) is 6.70. The Morgan fingerprint density at radius 2 is 1.93 bits per heavy atom. The van der Waals surface area contributed by atoms with E-state index < -0.39 is 0 Å². The van der Waals surface area contributed by atoms with Gasteiger partial charge in [-0.1, -0.05) is 12.1 Å². The number of hydrogen-bond acceptors (Lipinski definition) is 5. The van der Waals surface area contributed by atoms with Gasteiger partial charge in [0.1, 0.15) is 11.4 Å². The van der Waals surface area contributed by atoms with Crippen LogP contribution in [-0.2, 0) is 11.2 Å². The number of fused-ring (bicyclic) bond motifs is 1. The Morgan fingerprint density at radius 1 is 1.18 bits per heavy atom. The van der Waals surface area contributed by atoms with Gasteiger partial charge in [-0.25, -0.2) is 0 Å². The average Bonchev–Trinajstić information content (AvgIpc) is 2.99. The molecule has 0 radical (unpaired) electrons. The molecule has 1 amide bonds. The predicted octanol–water partition coefficient (Wildman–Crippen LogP) is 2.81. The van der Waals surface area contributed by atoms with E-state index in [-0.39, 0.29) is 23.2 Å². The van der Waals surface area contributed by atoms with Gasteiger partial charge in [0.15, 0.2) is 23.2 Å². The number of carbonyl (C=O) groups is 1. The molecule has 0 saturated carbocycles. The first-order valence-corrected chi connectivity index (χ1v) is 9.21. The number of methoxy groups -OCH3 is 1. The summed E-state index contributed by atoms with van der Waals surface area (Å²) in [7, 11) is 1.60. The molecular formula is C20H23N3O4S. The molecule has 0 aromatic heterocycles. The van der Waals surface area contributed by atoms with Crippen LogP contribution >= 0.6 is 12.2 Å². The van der Waals surface area contributed by atoms with Crippen LogP contribution in [0.5, 0.6) is 17.2 Å². The second kappa shape index (κ2) is 8.35. The van der Waals surface area contributed by atoms with Crippen LogP contribution in [0.25, 0.3) is 0 Å². The first-order valence-electron chi connectivity index (χ1n) is 8.80. The van der Waals surface area contributed by atoms with Crippen molar-refractivity contribution in [2.75, 3.05) is 19.0 Å². The Morgan fingerprint density at radius 3 is 2.64 bits per heavy atom. The van der Waals surface area contributed by atoms with Gasteiger partial charge >= 0.3 is 0 Å². The highest BCUT2D eigenvalue weighted by Crippen LogP contribution is 2.41. The van der Waals surface area contributed by atoms with Gasteiger partial charge in [0.25, 0.3) is 5.91 Å². The number of ether oxygens (including phenoxy) is 3. The predicted molar refractivity (Wildman–Crippen MR) is 111 cm³/mol. The first kappa shape index (κ1) is 19.8. The summed E-state index contributed by atoms with van der Waals surface area (Å²) < 4.78 is 16.7. The Hall–Kier alpha value is -3.00. The van der Waals surface area contributed by atoms with E-state index in [1.807, 2.05) is 38.1 Å². The number of amides is 1. The minimum Gasteiger partial charge on any atom is -0.497 e. The minimum atomic E-state index is -0.367. The van der Waals surface area contributed by atoms with Gasteiger partial charge in [-0.15, -0.1) is 0 Å². The minimum absolute atomic E-state index is 0.168. The maximum absolute atomic E-state index is 12.0. The zero-order valence-corrected chi connectivity index (χ0v) is 16.8. The number of nitrogens with one attached hydrogen (secondary N) is 3. The number of benzene rings is 2. The van der Waals surface area contributed by atoms with Crippen molar-refractivity contribution in [1.29, 1.82) is 0 Å². The van der Waals surface area contributed by atoms with Crippen molar-refractivity contribution in [1.82, 2.24) is 10.9 Å². The molecule has 3 N–H and O–H groups in total. The molecular weight excluding hydrogens is 378 g/mol. The number of hydrogen-bond donors (Lipinski definition) is 3. The van der Waals surface area contributed by atoms with Crippen molar-refractivity contribution in [2.45, 2.75) is 25.9 Å². The van der Waals surface area contributed by atoms with Gasteiger partial charge in [-0.3, -0.25) is 15.6 Å². The Bertz CT molecular complexity index is 868. The van der Waals surface area contributed by atoms with E-state index in [1.165, 1.54) is 0 Å². The second-order valence-corrected chi connectivity index (χ2v) is 7.34. The lowest BCUT2D eigenvalue weighted by Crippen LogP contribution is -2.45. The monoisotopic (exact) mass is 401 g/mol. The lowest BCUT2D eigenvalue weighted by Gasteiger charge is -2.18. The van der Waals surface area contributed by atoms with Crippen molar-refractivity contribution in [3.05, 3.63) is 48.0 Å². The molecule has 1 aliphatic heterocycles. The van der Waals surface area contributed by atoms with Gasteiger partial charge < -0.3 is 19.5 Å². The van der Waals surface area contributed by atoms with Crippen molar-refractivity contribution in [2.24, 2.45) is 0 Å². The van der Waals surface area contributed by atoms with Crippen LogP contribution in [0.15, 0.2) is 42.5 Å². The molecule has 0 spiro atoms. The van der Waals surface area contributed by atoms with Gasteiger partial charge in [-0.2, -0.15) is 0 Å². The highest BCUT2D eigenvalue weighted by molar-refractivity contribution is 7.80. The molecule has 3 rings (SSSR count). The summed E-state index contributed by atoms with van der Waals surface area (Å²) in [4.78, 5) is 12.0. The number of thiocarbonyl (C=S) groups is 1. The molecule has 148 valence electrons. The van der Waals surface area contributed by atoms with E-state index >= 15 is 0 Å². The zero-order chi connectivity index (χ0) is 20.1. The third-order valence-corrected chi connectivity index (χ3v) is 4.28. The number of rotatable bonds is 5. The quantitative estimate of drug-likeness (QED) is 0.525. The van der Waals surface area contributed by atoms with E-state index in [0.717, 1.165) is 23.4 Å². The summed E-state index contributed by atoms with van der Waals surface area (Å²) in [5, 5.41) is 3.21. The third-order valence-electron chi connectivity index (χ3n) is 4.08. The van der Waals surface area contributed by atoms with Crippen LogP contribution in [0.1, 0.15) is 19.4 Å². The van der Waals surface area contributed by atoms with E-state index in [0.29, 0.717) is 11.5 Å². The topological polar surface area (TPSA) is 80.9 Å². The number of carbonyl (C=O) groups excluding carboxylic acids is 1. The lowest BCUT2D eigenvalue weighted by molar-refractivity contribution is -0.123. The van der Waals surface area contributed by atoms with Gasteiger partial charge in [0, 0.05) is 17.7 Å². The van der Waals surface area contributed by atoms with Crippen LogP contribution in [0.2, 0.25) is 0 Å². The maximum atomic E-state index is 12.0. The molecule has 8 heteroatoms. The van der Waals surface area contributed by atoms with Crippen LogP contribution in [-0.4, -0.2) is 30.3 Å². The molecule has 2 aromatic carbocycles. The normalized spacial score (nSPS) is 13.7. The van der Waals surface area contributed by atoms with Crippen LogP contribution in [0, 0.1) is 0 Å². The summed E-state index contributed by atoms with van der Waals surface area (Å²) in [6, 6.07) is 12.9. The van der Waals surface area contributed by atoms with Crippen LogP contribution in [0.4, 0.5) is 5.69 Å². The molecule has 0 fully saturated rings. The summed E-state index contributed by atoms with van der Waals surface area (Å²) in [6.07, 6.45) is 0.804. The standard InChI is InChI=1S/C20H23N3O4S/c1-20(2)11-13-5-4-6-16(18(13)27-20)26-12-17(24)22-23-19(28)21-14-7-9-15(25-3)10-8-14/h4-10H,11-12H2,1-3H3,(H,22,24)(H2,21,23,28). The largest absolute Gasteiger partial charge is 0.497 e. The van der Waals surface area contributed by atoms with E-state index in [4.69, 9.17) is 26.4 Å². The Kier molecular flexibility index (Phi) is 5.89. The molecule has 0 aliphatic carbocycles. The Balaban J connectivity index is 1.45. The highest BCUT2D eigenvalue weighted by atomic mass is 32.1. The lowest BCUT2D eigenvalue weighted by atomic mass is 10.0. The summed E-state index contributed by atoms with van der Waals surface area (Å²) in [6.45, 7) is 3.87. The fraction of sp³-hybridized carbons (Fsp3) is 0.300. The van der Waals surface area contributed by atoms with Gasteiger partial charge in [-0.05, 0) is 56.4 Å². The van der Waals surface area contributed by atoms with E-state index in [9.17, 15) is 4.79 Å². The van der Waals surface area contributed by atoms with Gasteiger partial charge in [0.05, 0.1) is 7.11 Å². The molecule has 0 saturated heterocycles. The van der Waals surface area contributed by atoms with Gasteiger partial charge in [0.2, 0.25) is 0 Å². The SMILES string of the molecule is COc1ccc(NC(=S)NNC(=O)COc2cccc3c2OC(C)(C)C3)cc1. The van der Waals surface area contributed by atoms with Crippen LogP contribution in [0.3, 0.4) is 0 Å². The average molecular weight is 401 g/mol. The van der Waals surface area contributed by atoms with Crippen molar-refractivity contribution in [3.63, 3.8) is 0 Å². The second-order valence-electron chi connectivity index (χ2n) is 6.93. The summed E-state index contributed by atoms with van der Waals surface area (Å²) in [5.74, 6) is 1.63. The number of hydrazine groups is 1. The van der Waals surface area contributed by atoms with Crippen LogP contribution < -0.4 is 30.4 Å². The molecule has 0 bridgehead atoms. The molecule has 2 aromatic rings. The molecule has 1 heterocycles. The fourth-order valence-corrected chi connectivity index (χ4v) is 3.01. The molecule has 7 nitrogen and oxygen atoms in total. The molecule has 0 atom stereocenters. The van der Waals surface area contributed by atoms with E-state index in [2.05, 4.69) is 16.2 Å². The molecule has 0 unspecified atom stereocenters. The van der Waals surface area contributed by atoms with E-state index in [1.54, 1.807) is 25.3 Å². The number of para-hydroxylation sites is 1. The Labute approximate surface area is 169 Å². The van der Waals surface area contributed by atoms with Crippen molar-refractivity contribution in [3.8, 4) is 17.2 Å². The molecule has 1 aliphatic rings. The van der Waals surface area contributed by atoms with Crippen molar-refractivity contribution < 1.29 is 19.0 Å². The summed E-state index contributed by atoms with van der Waals surface area (Å²) >= 11 is 5.15. The number of anilines is 1. The smallest absolute Gasteiger partial charge is 0.276 e. The molecule has 28 heavy (non-hydrogen) atoms. The maximum Gasteiger partial charge on any atom is 0.276 e. The highest BCUT2D eigenvalue weighted by Gasteiger charge is 2.32. The van der Waals surface area contributed by atoms with Crippen molar-refractivity contribution >= 4 is 28.9 Å². The third kappa shape index (κ3) is 5.04. The zero-order valence-electron chi connectivity index (χ0n) is 16.0. The fourth-order valence-electron chi connectivity index (χ4n) is 2.84.